The lowest BCUT2D eigenvalue weighted by Gasteiger charge is -2.14. The molecule has 0 aliphatic rings. The van der Waals surface area contributed by atoms with Crippen molar-refractivity contribution in [3.8, 4) is 17.2 Å². The molecule has 2 N–H and O–H groups in total. The molecule has 0 aliphatic carbocycles. The van der Waals surface area contributed by atoms with Crippen molar-refractivity contribution in [2.24, 2.45) is 0 Å². The van der Waals surface area contributed by atoms with Gasteiger partial charge in [-0.15, -0.1) is 0 Å². The van der Waals surface area contributed by atoms with Gasteiger partial charge in [0.25, 0.3) is 0 Å². The maximum Gasteiger partial charge on any atom is 0.335 e. The number of benzene rings is 2. The van der Waals surface area contributed by atoms with Crippen LogP contribution in [0.3, 0.4) is 0 Å². The van der Waals surface area contributed by atoms with Crippen LogP contribution in [0.5, 0.6) is 17.2 Å². The monoisotopic (exact) mass is 359 g/mol. The Morgan fingerprint density at radius 1 is 0.962 bits per heavy atom. The second-order valence-corrected chi connectivity index (χ2v) is 5.49. The van der Waals surface area contributed by atoms with E-state index in [1.54, 1.807) is 24.3 Å². The van der Waals surface area contributed by atoms with E-state index >= 15 is 0 Å². The van der Waals surface area contributed by atoms with Gasteiger partial charge >= 0.3 is 5.97 Å². The molecule has 0 atom stereocenters. The Morgan fingerprint density at radius 2 is 1.62 bits per heavy atom. The highest BCUT2D eigenvalue weighted by molar-refractivity contribution is 5.88. The summed E-state index contributed by atoms with van der Waals surface area (Å²) in [6.07, 6.45) is 0.0888. The van der Waals surface area contributed by atoms with E-state index in [0.717, 1.165) is 5.56 Å². The van der Waals surface area contributed by atoms with Gasteiger partial charge in [0.2, 0.25) is 11.7 Å². The molecule has 26 heavy (non-hydrogen) atoms. The zero-order chi connectivity index (χ0) is 19.1. The van der Waals surface area contributed by atoms with Crippen LogP contribution in [0.25, 0.3) is 0 Å². The fraction of sp³-hybridized carbons (Fsp3) is 0.263. The first-order chi connectivity index (χ1) is 12.5. The van der Waals surface area contributed by atoms with Crippen molar-refractivity contribution in [2.75, 3.05) is 21.3 Å². The summed E-state index contributed by atoms with van der Waals surface area (Å²) in [7, 11) is 4.57. The van der Waals surface area contributed by atoms with Crippen LogP contribution in [0.1, 0.15) is 21.5 Å². The minimum Gasteiger partial charge on any atom is -0.493 e. The first-order valence-corrected chi connectivity index (χ1v) is 7.86. The number of hydrogen-bond acceptors (Lipinski definition) is 5. The molecule has 1 amide bonds. The number of rotatable bonds is 8. The van der Waals surface area contributed by atoms with Gasteiger partial charge in [-0.05, 0) is 35.4 Å². The summed E-state index contributed by atoms with van der Waals surface area (Å²) in [5.74, 6) is 0.247. The maximum absolute atomic E-state index is 12.2. The molecule has 0 fully saturated rings. The average molecular weight is 359 g/mol. The molecule has 0 saturated heterocycles. The predicted molar refractivity (Wildman–Crippen MR) is 95.1 cm³/mol. The molecular formula is C19H21NO6. The standard InChI is InChI=1S/C19H21NO6/c1-24-15-8-13(9-16(25-2)18(15)26-3)11-20-17(21)10-12-5-4-6-14(7-12)19(22)23/h4-9H,10-11H2,1-3H3,(H,20,21)(H,22,23). The predicted octanol–water partition coefficient (Wildman–Crippen LogP) is 2.27. The normalized spacial score (nSPS) is 10.1. The fourth-order valence-electron chi connectivity index (χ4n) is 2.50. The number of carboxylic acids is 1. The largest absolute Gasteiger partial charge is 0.493 e. The highest BCUT2D eigenvalue weighted by Crippen LogP contribution is 2.38. The zero-order valence-corrected chi connectivity index (χ0v) is 14.9. The topological polar surface area (TPSA) is 94.1 Å². The van der Waals surface area contributed by atoms with E-state index in [1.165, 1.54) is 33.5 Å². The number of methoxy groups -OCH3 is 3. The second-order valence-electron chi connectivity index (χ2n) is 5.49. The van der Waals surface area contributed by atoms with Gasteiger partial charge in [0.05, 0.1) is 33.3 Å². The van der Waals surface area contributed by atoms with Crippen molar-refractivity contribution in [1.29, 1.82) is 0 Å². The average Bonchev–Trinajstić information content (AvgIpc) is 2.65. The van der Waals surface area contributed by atoms with Crippen LogP contribution in [-0.2, 0) is 17.8 Å². The number of aromatic carboxylic acids is 1. The third-order valence-electron chi connectivity index (χ3n) is 3.75. The van der Waals surface area contributed by atoms with Gasteiger partial charge in [-0.3, -0.25) is 4.79 Å². The number of carbonyl (C=O) groups excluding carboxylic acids is 1. The molecule has 2 aromatic carbocycles. The van der Waals surface area contributed by atoms with Gasteiger partial charge in [-0.25, -0.2) is 4.79 Å². The van der Waals surface area contributed by atoms with Crippen LogP contribution < -0.4 is 19.5 Å². The zero-order valence-electron chi connectivity index (χ0n) is 14.9. The summed E-state index contributed by atoms with van der Waals surface area (Å²) in [4.78, 5) is 23.1. The van der Waals surface area contributed by atoms with E-state index in [2.05, 4.69) is 5.32 Å². The third kappa shape index (κ3) is 4.66. The molecule has 0 heterocycles. The van der Waals surface area contributed by atoms with E-state index in [0.29, 0.717) is 22.8 Å². The fourth-order valence-corrected chi connectivity index (χ4v) is 2.50. The van der Waals surface area contributed by atoms with E-state index in [-0.39, 0.29) is 24.4 Å². The molecule has 7 nitrogen and oxygen atoms in total. The van der Waals surface area contributed by atoms with Crippen molar-refractivity contribution in [3.63, 3.8) is 0 Å². The molecule has 0 aliphatic heterocycles. The van der Waals surface area contributed by atoms with Crippen molar-refractivity contribution < 1.29 is 28.9 Å². The van der Waals surface area contributed by atoms with E-state index in [1.807, 2.05) is 0 Å². The van der Waals surface area contributed by atoms with Crippen molar-refractivity contribution in [3.05, 3.63) is 53.1 Å². The summed E-state index contributed by atoms with van der Waals surface area (Å²) >= 11 is 0. The van der Waals surface area contributed by atoms with E-state index in [9.17, 15) is 9.59 Å². The number of ether oxygens (including phenoxy) is 3. The van der Waals surface area contributed by atoms with Gasteiger partial charge < -0.3 is 24.6 Å². The molecule has 2 aromatic rings. The number of hydrogen-bond donors (Lipinski definition) is 2. The summed E-state index contributed by atoms with van der Waals surface area (Å²) in [6, 6.07) is 9.82. The first kappa shape index (κ1) is 19.1. The van der Waals surface area contributed by atoms with Gasteiger partial charge in [-0.2, -0.15) is 0 Å². The van der Waals surface area contributed by atoms with Crippen molar-refractivity contribution >= 4 is 11.9 Å². The second kappa shape index (κ2) is 8.75. The summed E-state index contributed by atoms with van der Waals surface area (Å²) in [6.45, 7) is 0.272. The van der Waals surface area contributed by atoms with Crippen LogP contribution in [0.2, 0.25) is 0 Å². The Kier molecular flexibility index (Phi) is 6.43. The quantitative estimate of drug-likeness (QED) is 0.751. The molecular weight excluding hydrogens is 338 g/mol. The number of nitrogens with one attached hydrogen (secondary N) is 1. The van der Waals surface area contributed by atoms with Crippen molar-refractivity contribution in [2.45, 2.75) is 13.0 Å². The maximum atomic E-state index is 12.2. The van der Waals surface area contributed by atoms with Crippen LogP contribution in [0.15, 0.2) is 36.4 Å². The SMILES string of the molecule is COc1cc(CNC(=O)Cc2cccc(C(=O)O)c2)cc(OC)c1OC. The molecule has 0 bridgehead atoms. The van der Waals surface area contributed by atoms with Crippen LogP contribution in [0.4, 0.5) is 0 Å². The lowest BCUT2D eigenvalue weighted by atomic mass is 10.1. The van der Waals surface area contributed by atoms with Crippen molar-refractivity contribution in [1.82, 2.24) is 5.32 Å². The summed E-state index contributed by atoms with van der Waals surface area (Å²) < 4.78 is 15.8. The Balaban J connectivity index is 2.05. The third-order valence-corrected chi connectivity index (χ3v) is 3.75. The smallest absolute Gasteiger partial charge is 0.335 e. The number of amides is 1. The molecule has 0 spiro atoms. The van der Waals surface area contributed by atoms with Crippen LogP contribution in [-0.4, -0.2) is 38.3 Å². The molecule has 0 unspecified atom stereocenters. The first-order valence-electron chi connectivity index (χ1n) is 7.86. The number of carbonyl (C=O) groups is 2. The van der Waals surface area contributed by atoms with Gasteiger partial charge in [0, 0.05) is 6.54 Å². The van der Waals surface area contributed by atoms with E-state index < -0.39 is 5.97 Å². The minimum absolute atomic E-state index is 0.0888. The van der Waals surface area contributed by atoms with Crippen LogP contribution >= 0.6 is 0 Å². The highest BCUT2D eigenvalue weighted by atomic mass is 16.5. The van der Waals surface area contributed by atoms with Crippen LogP contribution in [0, 0.1) is 0 Å². The Hall–Kier alpha value is -3.22. The summed E-state index contributed by atoms with van der Waals surface area (Å²) in [5.41, 5.74) is 1.57. The molecule has 7 heteroatoms. The van der Waals surface area contributed by atoms with Gasteiger partial charge in [0.15, 0.2) is 11.5 Å². The number of carboxylic acid groups (broad SMARTS) is 1. The molecule has 2 rings (SSSR count). The van der Waals surface area contributed by atoms with Gasteiger partial charge in [0.1, 0.15) is 0 Å². The lowest BCUT2D eigenvalue weighted by Crippen LogP contribution is -2.24. The Bertz CT molecular complexity index is 777. The minimum atomic E-state index is -1.02. The highest BCUT2D eigenvalue weighted by Gasteiger charge is 2.14. The van der Waals surface area contributed by atoms with E-state index in [4.69, 9.17) is 19.3 Å². The Morgan fingerprint density at radius 3 is 2.15 bits per heavy atom. The summed E-state index contributed by atoms with van der Waals surface area (Å²) in [5, 5.41) is 11.8. The lowest BCUT2D eigenvalue weighted by molar-refractivity contribution is -0.120. The Labute approximate surface area is 151 Å². The molecule has 138 valence electrons. The van der Waals surface area contributed by atoms with Gasteiger partial charge in [-0.1, -0.05) is 12.1 Å². The molecule has 0 radical (unpaired) electrons. The molecule has 0 saturated carbocycles. The molecule has 0 aromatic heterocycles.